The fourth-order valence-corrected chi connectivity index (χ4v) is 2.05. The molecule has 2 unspecified atom stereocenters. The largest absolute Gasteiger partial charge is 0.380 e. The molecule has 0 bridgehead atoms. The standard InChI is InChI=1S/C12H17BrClNO/c1-8(9(2)16-3)15-7-10-4-5-11(13)6-12(10)14/h4-6,8-9,15H,7H2,1-3H3. The molecule has 90 valence electrons. The van der Waals surface area contributed by atoms with E-state index in [1.54, 1.807) is 7.11 Å². The van der Waals surface area contributed by atoms with Crippen LogP contribution in [0, 0.1) is 0 Å². The highest BCUT2D eigenvalue weighted by Gasteiger charge is 2.10. The van der Waals surface area contributed by atoms with Crippen molar-refractivity contribution in [3.05, 3.63) is 33.3 Å². The number of rotatable bonds is 5. The van der Waals surface area contributed by atoms with Gasteiger partial charge >= 0.3 is 0 Å². The van der Waals surface area contributed by atoms with Gasteiger partial charge in [-0.3, -0.25) is 0 Å². The zero-order valence-electron chi connectivity index (χ0n) is 9.76. The smallest absolute Gasteiger partial charge is 0.0693 e. The molecule has 2 nitrogen and oxygen atoms in total. The molecule has 1 N–H and O–H groups in total. The minimum absolute atomic E-state index is 0.189. The van der Waals surface area contributed by atoms with Crippen LogP contribution in [0.1, 0.15) is 19.4 Å². The molecule has 1 aromatic carbocycles. The zero-order chi connectivity index (χ0) is 12.1. The summed E-state index contributed by atoms with van der Waals surface area (Å²) in [5, 5.41) is 4.16. The Hall–Kier alpha value is -0.0900. The molecule has 1 rings (SSSR count). The molecule has 2 atom stereocenters. The van der Waals surface area contributed by atoms with Crippen molar-refractivity contribution in [1.29, 1.82) is 0 Å². The fraction of sp³-hybridized carbons (Fsp3) is 0.500. The lowest BCUT2D eigenvalue weighted by molar-refractivity contribution is 0.0882. The van der Waals surface area contributed by atoms with Gasteiger partial charge in [0.25, 0.3) is 0 Å². The molecule has 0 fully saturated rings. The van der Waals surface area contributed by atoms with E-state index in [0.29, 0.717) is 6.04 Å². The predicted octanol–water partition coefficient (Wildman–Crippen LogP) is 3.62. The summed E-state index contributed by atoms with van der Waals surface area (Å²) in [6.45, 7) is 4.89. The van der Waals surface area contributed by atoms with E-state index in [2.05, 4.69) is 28.2 Å². The number of methoxy groups -OCH3 is 1. The second-order valence-electron chi connectivity index (χ2n) is 3.85. The maximum absolute atomic E-state index is 6.13. The minimum Gasteiger partial charge on any atom is -0.380 e. The van der Waals surface area contributed by atoms with Crippen molar-refractivity contribution in [1.82, 2.24) is 5.32 Å². The van der Waals surface area contributed by atoms with Crippen LogP contribution in [0.25, 0.3) is 0 Å². The van der Waals surface area contributed by atoms with E-state index < -0.39 is 0 Å². The average Bonchev–Trinajstić information content (AvgIpc) is 2.26. The first-order valence-corrected chi connectivity index (χ1v) is 6.41. The van der Waals surface area contributed by atoms with Crippen molar-refractivity contribution in [3.8, 4) is 0 Å². The Labute approximate surface area is 110 Å². The Bertz CT molecular complexity index is 346. The van der Waals surface area contributed by atoms with Crippen LogP contribution in [0.4, 0.5) is 0 Å². The lowest BCUT2D eigenvalue weighted by Crippen LogP contribution is -2.36. The second-order valence-corrected chi connectivity index (χ2v) is 5.17. The summed E-state index contributed by atoms with van der Waals surface area (Å²) in [4.78, 5) is 0. The van der Waals surface area contributed by atoms with E-state index in [4.69, 9.17) is 16.3 Å². The predicted molar refractivity (Wildman–Crippen MR) is 71.9 cm³/mol. The van der Waals surface area contributed by atoms with Crippen LogP contribution < -0.4 is 5.32 Å². The van der Waals surface area contributed by atoms with Crippen LogP contribution in [-0.2, 0) is 11.3 Å². The second kappa shape index (κ2) is 6.60. The van der Waals surface area contributed by atoms with E-state index in [0.717, 1.165) is 21.6 Å². The summed E-state index contributed by atoms with van der Waals surface area (Å²) in [7, 11) is 1.72. The minimum atomic E-state index is 0.189. The Kier molecular flexibility index (Phi) is 5.76. The Morgan fingerprint density at radius 2 is 2.12 bits per heavy atom. The van der Waals surface area contributed by atoms with Crippen molar-refractivity contribution < 1.29 is 4.74 Å². The van der Waals surface area contributed by atoms with E-state index >= 15 is 0 Å². The van der Waals surface area contributed by atoms with Crippen molar-refractivity contribution in [2.24, 2.45) is 0 Å². The van der Waals surface area contributed by atoms with Crippen LogP contribution in [0.3, 0.4) is 0 Å². The summed E-state index contributed by atoms with van der Waals surface area (Å²) < 4.78 is 6.25. The Balaban J connectivity index is 2.54. The van der Waals surface area contributed by atoms with Gasteiger partial charge in [-0.05, 0) is 31.5 Å². The van der Waals surface area contributed by atoms with Crippen LogP contribution in [0.5, 0.6) is 0 Å². The summed E-state index contributed by atoms with van der Waals surface area (Å²) in [5.41, 5.74) is 1.10. The third-order valence-electron chi connectivity index (χ3n) is 2.71. The molecule has 0 spiro atoms. The van der Waals surface area contributed by atoms with Gasteiger partial charge in [-0.1, -0.05) is 33.6 Å². The van der Waals surface area contributed by atoms with Gasteiger partial charge in [-0.15, -0.1) is 0 Å². The highest BCUT2D eigenvalue weighted by atomic mass is 79.9. The van der Waals surface area contributed by atoms with Gasteiger partial charge in [0.15, 0.2) is 0 Å². The molecule has 0 saturated heterocycles. The van der Waals surface area contributed by atoms with Gasteiger partial charge in [0.1, 0.15) is 0 Å². The van der Waals surface area contributed by atoms with Crippen molar-refractivity contribution in [2.75, 3.05) is 7.11 Å². The first kappa shape index (κ1) is 14.0. The molecule has 4 heteroatoms. The molecule has 0 saturated carbocycles. The van der Waals surface area contributed by atoms with Crippen molar-refractivity contribution in [3.63, 3.8) is 0 Å². The van der Waals surface area contributed by atoms with Crippen molar-refractivity contribution >= 4 is 27.5 Å². The average molecular weight is 307 g/mol. The van der Waals surface area contributed by atoms with Gasteiger partial charge in [-0.2, -0.15) is 0 Å². The van der Waals surface area contributed by atoms with Gasteiger partial charge < -0.3 is 10.1 Å². The Morgan fingerprint density at radius 1 is 1.44 bits per heavy atom. The molecule has 0 aliphatic carbocycles. The Morgan fingerprint density at radius 3 is 2.69 bits per heavy atom. The number of halogens is 2. The molecule has 0 aromatic heterocycles. The van der Waals surface area contributed by atoms with E-state index in [1.807, 2.05) is 25.1 Å². The highest BCUT2D eigenvalue weighted by Crippen LogP contribution is 2.21. The fourth-order valence-electron chi connectivity index (χ4n) is 1.31. The quantitative estimate of drug-likeness (QED) is 0.897. The summed E-state index contributed by atoms with van der Waals surface area (Å²) >= 11 is 9.51. The molecule has 1 aromatic rings. The van der Waals surface area contributed by atoms with E-state index in [1.165, 1.54) is 0 Å². The zero-order valence-corrected chi connectivity index (χ0v) is 12.1. The van der Waals surface area contributed by atoms with Crippen molar-refractivity contribution in [2.45, 2.75) is 32.5 Å². The molecule has 0 radical (unpaired) electrons. The first-order valence-electron chi connectivity index (χ1n) is 5.24. The number of hydrogen-bond donors (Lipinski definition) is 1. The summed E-state index contributed by atoms with van der Waals surface area (Å²) in [6, 6.07) is 6.21. The first-order chi connectivity index (χ1) is 7.54. The maximum atomic E-state index is 6.13. The SMILES string of the molecule is COC(C)C(C)NCc1ccc(Br)cc1Cl. The topological polar surface area (TPSA) is 21.3 Å². The molecule has 16 heavy (non-hydrogen) atoms. The van der Waals surface area contributed by atoms with Gasteiger partial charge in [0, 0.05) is 29.2 Å². The van der Waals surface area contributed by atoms with Crippen LogP contribution in [0.15, 0.2) is 22.7 Å². The van der Waals surface area contributed by atoms with E-state index in [9.17, 15) is 0 Å². The molecule has 0 heterocycles. The van der Waals surface area contributed by atoms with Gasteiger partial charge in [-0.25, -0.2) is 0 Å². The summed E-state index contributed by atoms with van der Waals surface area (Å²) in [5.74, 6) is 0. The molecular formula is C12H17BrClNO. The van der Waals surface area contributed by atoms with Gasteiger partial charge in [0.2, 0.25) is 0 Å². The molecule has 0 aliphatic heterocycles. The lowest BCUT2D eigenvalue weighted by Gasteiger charge is -2.20. The maximum Gasteiger partial charge on any atom is 0.0693 e. The monoisotopic (exact) mass is 305 g/mol. The summed E-state index contributed by atoms with van der Waals surface area (Å²) in [6.07, 6.45) is 0.189. The number of nitrogens with one attached hydrogen (secondary N) is 1. The molecular weight excluding hydrogens is 289 g/mol. The third-order valence-corrected chi connectivity index (χ3v) is 3.55. The lowest BCUT2D eigenvalue weighted by atomic mass is 10.1. The number of ether oxygens (including phenoxy) is 1. The number of benzene rings is 1. The van der Waals surface area contributed by atoms with Gasteiger partial charge in [0.05, 0.1) is 6.10 Å². The van der Waals surface area contributed by atoms with Crippen LogP contribution in [-0.4, -0.2) is 19.3 Å². The molecule has 0 amide bonds. The normalized spacial score (nSPS) is 14.8. The third kappa shape index (κ3) is 4.06. The highest BCUT2D eigenvalue weighted by molar-refractivity contribution is 9.10. The molecule has 0 aliphatic rings. The van der Waals surface area contributed by atoms with E-state index in [-0.39, 0.29) is 6.10 Å². The van der Waals surface area contributed by atoms with Crippen LogP contribution in [0.2, 0.25) is 5.02 Å². The van der Waals surface area contributed by atoms with Crippen LogP contribution >= 0.6 is 27.5 Å². The number of hydrogen-bond acceptors (Lipinski definition) is 2.